The number of aliphatic hydroxyl groups excluding tert-OH is 1. The van der Waals surface area contributed by atoms with Gasteiger partial charge in [-0.15, -0.1) is 8.78 Å². The fraction of sp³-hybridized carbons (Fsp3) is 0.250. The molecule has 0 bridgehead atoms. The number of alkyl halides is 3. The molecule has 1 aromatic carbocycles. The number of hydrogen-bond acceptors (Lipinski definition) is 7. The van der Waals surface area contributed by atoms with Crippen molar-refractivity contribution >= 4 is 34.8 Å². The van der Waals surface area contributed by atoms with E-state index in [9.17, 15) is 18.7 Å². The lowest BCUT2D eigenvalue weighted by atomic mass is 10.1. The number of aliphatic hydroxyl groups is 1. The van der Waals surface area contributed by atoms with Crippen LogP contribution in [-0.4, -0.2) is 51.0 Å². The molecule has 0 radical (unpaired) electrons. The van der Waals surface area contributed by atoms with E-state index in [4.69, 9.17) is 17.3 Å². The summed E-state index contributed by atoms with van der Waals surface area (Å²) in [4.78, 5) is 19.2. The van der Waals surface area contributed by atoms with Gasteiger partial charge >= 0.3 is 5.57 Å². The molecule has 1 saturated heterocycles. The van der Waals surface area contributed by atoms with Crippen LogP contribution in [0.1, 0.15) is 16.8 Å². The molecule has 1 fully saturated rings. The first-order valence-electron chi connectivity index (χ1n) is 9.60. The molecule has 3 heterocycles. The first-order valence-corrected chi connectivity index (χ1v) is 9.98. The van der Waals surface area contributed by atoms with Crippen LogP contribution in [0.3, 0.4) is 0 Å². The van der Waals surface area contributed by atoms with Crippen LogP contribution in [0.5, 0.6) is 5.75 Å². The van der Waals surface area contributed by atoms with Gasteiger partial charge in [-0.3, -0.25) is 9.89 Å². The molecule has 1 atom stereocenters. The minimum atomic E-state index is -3.83. The molecular formula is C20H19ClF2N6O3. The van der Waals surface area contributed by atoms with Gasteiger partial charge in [-0.1, -0.05) is 0 Å². The fourth-order valence-electron chi connectivity index (χ4n) is 3.42. The SMILES string of the molecule is Nc1nc(N2CC[C@@H](O)C2)c(-c2ccn[nH]2)cc1C(=O)Nc1ccc(OC(F)(F)Cl)cc1. The van der Waals surface area contributed by atoms with Gasteiger partial charge in [0.1, 0.15) is 17.4 Å². The second-order valence-corrected chi connectivity index (χ2v) is 7.62. The third-order valence-corrected chi connectivity index (χ3v) is 4.95. The van der Waals surface area contributed by atoms with Gasteiger partial charge < -0.3 is 25.8 Å². The number of carbonyl (C=O) groups is 1. The topological polar surface area (TPSA) is 129 Å². The average Bonchev–Trinajstić information content (AvgIpc) is 3.40. The van der Waals surface area contributed by atoms with E-state index in [0.29, 0.717) is 42.3 Å². The molecule has 0 unspecified atom stereocenters. The van der Waals surface area contributed by atoms with E-state index in [1.54, 1.807) is 18.3 Å². The van der Waals surface area contributed by atoms with Gasteiger partial charge in [0.15, 0.2) is 0 Å². The van der Waals surface area contributed by atoms with E-state index in [2.05, 4.69) is 25.2 Å². The van der Waals surface area contributed by atoms with Crippen molar-refractivity contribution in [1.82, 2.24) is 15.2 Å². The van der Waals surface area contributed by atoms with Gasteiger partial charge in [-0.05, 0) is 42.8 Å². The Morgan fingerprint density at radius 3 is 2.69 bits per heavy atom. The molecule has 3 aromatic rings. The van der Waals surface area contributed by atoms with Crippen LogP contribution < -0.4 is 20.7 Å². The highest BCUT2D eigenvalue weighted by Gasteiger charge is 2.28. The molecule has 0 spiro atoms. The van der Waals surface area contributed by atoms with E-state index in [1.165, 1.54) is 24.3 Å². The number of aromatic nitrogens is 3. The van der Waals surface area contributed by atoms with Gasteiger partial charge in [0.25, 0.3) is 5.91 Å². The van der Waals surface area contributed by atoms with Gasteiger partial charge in [-0.2, -0.15) is 5.10 Å². The zero-order valence-corrected chi connectivity index (χ0v) is 17.3. The molecule has 0 saturated carbocycles. The lowest BCUT2D eigenvalue weighted by Crippen LogP contribution is -2.24. The summed E-state index contributed by atoms with van der Waals surface area (Å²) in [7, 11) is 0. The first-order chi connectivity index (χ1) is 15.2. The summed E-state index contributed by atoms with van der Waals surface area (Å²) in [5.74, 6) is -0.171. The number of benzene rings is 1. The number of aromatic amines is 1. The highest BCUT2D eigenvalue weighted by Crippen LogP contribution is 2.33. The van der Waals surface area contributed by atoms with E-state index < -0.39 is 17.6 Å². The van der Waals surface area contributed by atoms with Crippen molar-refractivity contribution in [2.24, 2.45) is 0 Å². The molecule has 0 aliphatic carbocycles. The van der Waals surface area contributed by atoms with Crippen LogP contribution >= 0.6 is 11.6 Å². The van der Waals surface area contributed by atoms with Crippen LogP contribution in [0.2, 0.25) is 0 Å². The highest BCUT2D eigenvalue weighted by molar-refractivity contribution is 6.20. The van der Waals surface area contributed by atoms with Crippen LogP contribution in [-0.2, 0) is 0 Å². The summed E-state index contributed by atoms with van der Waals surface area (Å²) < 4.78 is 29.7. The third-order valence-electron chi connectivity index (χ3n) is 4.88. The molecule has 32 heavy (non-hydrogen) atoms. The van der Waals surface area contributed by atoms with Crippen molar-refractivity contribution in [3.63, 3.8) is 0 Å². The Labute approximate surface area is 186 Å². The highest BCUT2D eigenvalue weighted by atomic mass is 35.5. The normalized spacial score (nSPS) is 16.2. The van der Waals surface area contributed by atoms with E-state index >= 15 is 0 Å². The zero-order chi connectivity index (χ0) is 22.9. The van der Waals surface area contributed by atoms with Crippen LogP contribution in [0.15, 0.2) is 42.6 Å². The number of anilines is 3. The number of nitrogens with two attached hydrogens (primary N) is 1. The predicted molar refractivity (Wildman–Crippen MR) is 115 cm³/mol. The van der Waals surface area contributed by atoms with Crippen molar-refractivity contribution in [3.8, 4) is 17.0 Å². The maximum Gasteiger partial charge on any atom is 0.487 e. The smallest absolute Gasteiger partial charge is 0.420 e. The number of ether oxygens (including phenoxy) is 1. The second kappa shape index (κ2) is 8.60. The molecule has 9 nitrogen and oxygen atoms in total. The Morgan fingerprint density at radius 2 is 2.09 bits per heavy atom. The van der Waals surface area contributed by atoms with Crippen molar-refractivity contribution in [2.75, 3.05) is 29.0 Å². The van der Waals surface area contributed by atoms with E-state index in [0.717, 1.165) is 0 Å². The summed E-state index contributed by atoms with van der Waals surface area (Å²) in [6, 6.07) is 8.58. The fourth-order valence-corrected chi connectivity index (χ4v) is 3.51. The number of rotatable bonds is 6. The summed E-state index contributed by atoms with van der Waals surface area (Å²) >= 11 is 4.74. The lowest BCUT2D eigenvalue weighted by molar-refractivity contribution is -0.0964. The Kier molecular flexibility index (Phi) is 5.85. The minimum Gasteiger partial charge on any atom is -0.420 e. The zero-order valence-electron chi connectivity index (χ0n) is 16.6. The molecule has 5 N–H and O–H groups in total. The van der Waals surface area contributed by atoms with Gasteiger partial charge in [0.2, 0.25) is 0 Å². The van der Waals surface area contributed by atoms with Gasteiger partial charge in [-0.25, -0.2) is 4.98 Å². The monoisotopic (exact) mass is 464 g/mol. The number of H-pyrrole nitrogens is 1. The second-order valence-electron chi connectivity index (χ2n) is 7.18. The Bertz CT molecular complexity index is 1110. The van der Waals surface area contributed by atoms with Crippen LogP contribution in [0, 0.1) is 0 Å². The summed E-state index contributed by atoms with van der Waals surface area (Å²) in [6.45, 7) is 0.991. The standard InChI is InChI=1S/C20H19ClF2N6O3/c21-20(22,23)32-13-3-1-11(2-4-13)26-19(31)15-9-14(16-5-7-25-28-16)18(27-17(15)24)29-8-6-12(30)10-29/h1-5,7,9,12,30H,6,8,10H2,(H2,24,27)(H,25,28)(H,26,31)/t12-/m1/s1. The first kappa shape index (κ1) is 21.8. The van der Waals surface area contributed by atoms with E-state index in [-0.39, 0.29) is 17.1 Å². The minimum absolute atomic E-state index is 0.00360. The number of nitrogen functional groups attached to an aromatic ring is 1. The quantitative estimate of drug-likeness (QED) is 0.412. The van der Waals surface area contributed by atoms with Crippen molar-refractivity contribution in [3.05, 3.63) is 48.2 Å². The molecule has 4 rings (SSSR count). The number of pyridine rings is 1. The number of amides is 1. The van der Waals surface area contributed by atoms with Crippen LogP contribution in [0.25, 0.3) is 11.3 Å². The molecule has 1 amide bonds. The maximum absolute atomic E-state index is 12.9. The number of nitrogens with zero attached hydrogens (tertiary/aromatic N) is 3. The average molecular weight is 465 g/mol. The third kappa shape index (κ3) is 4.89. The number of halogens is 3. The predicted octanol–water partition coefficient (Wildman–Crippen LogP) is 3.05. The molecule has 168 valence electrons. The summed E-state index contributed by atoms with van der Waals surface area (Å²) in [6.07, 6.45) is 1.70. The number of hydrogen-bond donors (Lipinski definition) is 4. The van der Waals surface area contributed by atoms with Crippen molar-refractivity contribution < 1.29 is 23.4 Å². The van der Waals surface area contributed by atoms with Gasteiger partial charge in [0, 0.05) is 42.1 Å². The largest absolute Gasteiger partial charge is 0.487 e. The summed E-state index contributed by atoms with van der Waals surface area (Å²) in [5, 5.41) is 19.3. The Morgan fingerprint density at radius 1 is 1.34 bits per heavy atom. The van der Waals surface area contributed by atoms with E-state index in [1.807, 2.05) is 4.90 Å². The van der Waals surface area contributed by atoms with Gasteiger partial charge in [0.05, 0.1) is 17.4 Å². The Hall–Kier alpha value is -3.44. The number of β-amino-alcohol motifs (C(OH)–C–C–N with tert-alkyl or cyclic N) is 1. The molecular weight excluding hydrogens is 446 g/mol. The lowest BCUT2D eigenvalue weighted by Gasteiger charge is -2.21. The van der Waals surface area contributed by atoms with Crippen molar-refractivity contribution in [2.45, 2.75) is 18.1 Å². The number of carbonyl (C=O) groups excluding carboxylic acids is 1. The van der Waals surface area contributed by atoms with Crippen molar-refractivity contribution in [1.29, 1.82) is 0 Å². The van der Waals surface area contributed by atoms with Crippen LogP contribution in [0.4, 0.5) is 26.1 Å². The molecule has 2 aromatic heterocycles. The molecule has 1 aliphatic rings. The summed E-state index contributed by atoms with van der Waals surface area (Å²) in [5.41, 5.74) is 3.93. The maximum atomic E-state index is 12.9. The Balaban J connectivity index is 1.60. The number of nitrogens with one attached hydrogen (secondary N) is 2. The molecule has 1 aliphatic heterocycles. The molecule has 12 heteroatoms.